The van der Waals surface area contributed by atoms with Crippen molar-refractivity contribution >= 4 is 30.0 Å². The van der Waals surface area contributed by atoms with Gasteiger partial charge in [0.05, 0.1) is 17.5 Å². The summed E-state index contributed by atoms with van der Waals surface area (Å²) in [6.45, 7) is 0. The monoisotopic (exact) mass is 756 g/mol. The number of phenolic OH excluding ortho intramolecular Hbond substituents is 8. The van der Waals surface area contributed by atoms with Crippen molar-refractivity contribution in [3.05, 3.63) is 100 Å². The van der Waals surface area contributed by atoms with Gasteiger partial charge in [-0.25, -0.2) is 9.59 Å². The molecule has 270 valence electrons. The summed E-state index contributed by atoms with van der Waals surface area (Å²) < 4.78 is 10.7. The Balaban J connectivity index is 0.00000627. The zero-order valence-corrected chi connectivity index (χ0v) is 30.7. The number of benzene rings is 4. The molecule has 9 N–H and O–H groups in total. The zero-order chi connectivity index (χ0) is 38.0. The Morgan fingerprint density at radius 1 is 0.623 bits per heavy atom. The van der Waals surface area contributed by atoms with Crippen molar-refractivity contribution in [3.63, 3.8) is 0 Å². The summed E-state index contributed by atoms with van der Waals surface area (Å²) >= 11 is 0. The van der Waals surface area contributed by atoms with E-state index in [0.717, 1.165) is 54.6 Å². The molecule has 4 aromatic carbocycles. The Morgan fingerprint density at radius 3 is 1.62 bits per heavy atom. The molecule has 16 nitrogen and oxygen atoms in total. The van der Waals surface area contributed by atoms with Crippen LogP contribution in [0.3, 0.4) is 0 Å². The van der Waals surface area contributed by atoms with Crippen LogP contribution in [0.4, 0.5) is 0 Å². The van der Waals surface area contributed by atoms with Crippen LogP contribution in [0.15, 0.2) is 72.3 Å². The van der Waals surface area contributed by atoms with Crippen molar-refractivity contribution in [3.8, 4) is 46.0 Å². The largest absolute Gasteiger partial charge is 1.00 e. The normalized spacial score (nSPS) is 15.8. The zero-order valence-electron chi connectivity index (χ0n) is 27.5. The van der Waals surface area contributed by atoms with Crippen molar-refractivity contribution in [1.82, 2.24) is 0 Å². The first-order valence-corrected chi connectivity index (χ1v) is 15.2. The Hall–Kier alpha value is -5.46. The Morgan fingerprint density at radius 2 is 1.11 bits per heavy atom. The second-order valence-corrected chi connectivity index (χ2v) is 11.8. The second-order valence-electron chi connectivity index (χ2n) is 11.8. The van der Waals surface area contributed by atoms with Gasteiger partial charge >= 0.3 is 69.3 Å². The number of aliphatic carboxylic acids is 2. The first-order chi connectivity index (χ1) is 24.5. The van der Waals surface area contributed by atoms with Gasteiger partial charge in [0, 0.05) is 18.8 Å². The molecule has 0 fully saturated rings. The van der Waals surface area contributed by atoms with E-state index in [1.165, 1.54) is 18.2 Å². The quantitative estimate of drug-likeness (QED) is 0.0484. The smallest absolute Gasteiger partial charge is 0.546 e. The number of carbonyl (C=O) groups is 4. The third-order valence-electron chi connectivity index (χ3n) is 8.31. The van der Waals surface area contributed by atoms with Gasteiger partial charge in [-0.2, -0.15) is 0 Å². The molecule has 0 radical (unpaired) electrons. The van der Waals surface area contributed by atoms with E-state index in [4.69, 9.17) is 9.47 Å². The van der Waals surface area contributed by atoms with E-state index < -0.39 is 112 Å². The Labute approximate surface area is 341 Å². The third kappa shape index (κ3) is 8.95. The molecule has 53 heavy (non-hydrogen) atoms. The number of carboxylic acid groups (broad SMARTS) is 2. The molecule has 4 atom stereocenters. The van der Waals surface area contributed by atoms with Gasteiger partial charge in [0.25, 0.3) is 0 Å². The van der Waals surface area contributed by atoms with Crippen LogP contribution in [0, 0.1) is 5.92 Å². The number of hydrogen-bond donors (Lipinski definition) is 9. The SMILES string of the molecule is O=C(O[C@H](Cc1ccc(O)c(O)c1)C(=O)[O-])C1=Cc2cc(O)c(O)cc2[C@@H](c2ccc(O)c(O)c2)C1C(=O)O[C@H](Cc1ccc(O)c(O)c1)C(=O)O.[K+]. The topological polar surface area (TPSA) is 292 Å². The molecule has 0 saturated heterocycles. The van der Waals surface area contributed by atoms with Crippen LogP contribution in [0.2, 0.25) is 0 Å². The average molecular weight is 757 g/mol. The van der Waals surface area contributed by atoms with Crippen LogP contribution in [0.5, 0.6) is 46.0 Å². The number of esters is 2. The fourth-order valence-electron chi connectivity index (χ4n) is 5.76. The molecular weight excluding hydrogens is 727 g/mol. The van der Waals surface area contributed by atoms with E-state index in [2.05, 4.69) is 0 Å². The first-order valence-electron chi connectivity index (χ1n) is 15.2. The minimum absolute atomic E-state index is 0. The molecule has 1 aliphatic rings. The van der Waals surface area contributed by atoms with Gasteiger partial charge in [-0.05, 0) is 82.4 Å². The molecule has 0 heterocycles. The van der Waals surface area contributed by atoms with Gasteiger partial charge in [0.15, 0.2) is 46.0 Å². The Bertz CT molecular complexity index is 2130. The maximum absolute atomic E-state index is 14.2. The van der Waals surface area contributed by atoms with Crippen molar-refractivity contribution in [2.45, 2.75) is 31.0 Å². The molecule has 0 bridgehead atoms. The van der Waals surface area contributed by atoms with Crippen LogP contribution in [0.25, 0.3) is 6.08 Å². The van der Waals surface area contributed by atoms with Gasteiger partial charge < -0.3 is 65.3 Å². The van der Waals surface area contributed by atoms with Crippen LogP contribution in [0.1, 0.15) is 33.7 Å². The van der Waals surface area contributed by atoms with Crippen molar-refractivity contribution in [2.24, 2.45) is 5.92 Å². The number of rotatable bonds is 11. The third-order valence-corrected chi connectivity index (χ3v) is 8.31. The summed E-state index contributed by atoms with van der Waals surface area (Å²) in [7, 11) is 0. The molecule has 0 aromatic heterocycles. The number of phenols is 8. The van der Waals surface area contributed by atoms with Crippen molar-refractivity contribution < 1.29 is 131 Å². The molecule has 1 unspecified atom stereocenters. The molecule has 0 saturated carbocycles. The molecule has 0 amide bonds. The predicted molar refractivity (Wildman–Crippen MR) is 172 cm³/mol. The second kappa shape index (κ2) is 16.5. The number of hydrogen-bond acceptors (Lipinski definition) is 15. The number of carboxylic acids is 2. The predicted octanol–water partition coefficient (Wildman–Crippen LogP) is -1.38. The van der Waals surface area contributed by atoms with E-state index in [0.29, 0.717) is 0 Å². The van der Waals surface area contributed by atoms with Gasteiger partial charge in [0.2, 0.25) is 6.10 Å². The minimum atomic E-state index is -2.06. The van der Waals surface area contributed by atoms with E-state index in [1.807, 2.05) is 0 Å². The van der Waals surface area contributed by atoms with E-state index in [1.54, 1.807) is 0 Å². The van der Waals surface area contributed by atoms with Crippen molar-refractivity contribution in [2.75, 3.05) is 0 Å². The van der Waals surface area contributed by atoms with Crippen LogP contribution >= 0.6 is 0 Å². The summed E-state index contributed by atoms with van der Waals surface area (Å²) in [5.41, 5.74) is -0.424. The van der Waals surface area contributed by atoms with E-state index in [9.17, 15) is 70.2 Å². The number of aromatic hydroxyl groups is 8. The minimum Gasteiger partial charge on any atom is -0.546 e. The van der Waals surface area contributed by atoms with E-state index >= 15 is 0 Å². The summed E-state index contributed by atoms with van der Waals surface area (Å²) in [4.78, 5) is 52.6. The Kier molecular flexibility index (Phi) is 12.5. The maximum Gasteiger partial charge on any atom is 1.00 e. The summed E-state index contributed by atoms with van der Waals surface area (Å²) in [6, 6.07) is 12.0. The summed E-state index contributed by atoms with van der Waals surface area (Å²) in [5.74, 6) is -14.6. The van der Waals surface area contributed by atoms with Crippen LogP contribution < -0.4 is 56.5 Å². The van der Waals surface area contributed by atoms with Crippen LogP contribution in [-0.2, 0) is 41.5 Å². The molecule has 0 aliphatic heterocycles. The molecule has 1 aliphatic carbocycles. The average Bonchev–Trinajstić information content (AvgIpc) is 3.08. The molecule has 5 rings (SSSR count). The molecule has 4 aromatic rings. The molecular formula is C36H29KO16. The van der Waals surface area contributed by atoms with Gasteiger partial charge in [-0.15, -0.1) is 0 Å². The standard InChI is InChI=1S/C36H30O16.K/c37-21-4-1-15(7-24(21)40)9-29(33(45)46)51-35(49)20-11-18-13-27(43)28(44)14-19(18)31(17-3-6-23(39)26(42)12-17)32(20)36(50)52-30(34(47)48)10-16-2-5-22(38)25(41)8-16;/h1-8,11-14,29-32,37-44H,9-10H2,(H,45,46)(H,47,48);/q;+1/p-1/t29-,30-,31-,32?;/m1./s1. The molecule has 0 spiro atoms. The van der Waals surface area contributed by atoms with E-state index in [-0.39, 0.29) is 79.2 Å². The summed E-state index contributed by atoms with van der Waals surface area (Å²) in [6.07, 6.45) is -4.16. The molecule has 17 heteroatoms. The van der Waals surface area contributed by atoms with Gasteiger partial charge in [-0.1, -0.05) is 18.2 Å². The fourth-order valence-corrected chi connectivity index (χ4v) is 5.76. The summed E-state index contributed by atoms with van der Waals surface area (Å²) in [5, 5.41) is 102. The fraction of sp³-hybridized carbons (Fsp3) is 0.167. The van der Waals surface area contributed by atoms with Crippen molar-refractivity contribution in [1.29, 1.82) is 0 Å². The first kappa shape index (κ1) is 40.3. The number of carbonyl (C=O) groups excluding carboxylic acids is 3. The van der Waals surface area contributed by atoms with Gasteiger partial charge in [-0.3, -0.25) is 4.79 Å². The maximum atomic E-state index is 14.2. The van der Waals surface area contributed by atoms with Crippen LogP contribution in [-0.4, -0.2) is 82.0 Å². The number of fused-ring (bicyclic) bond motifs is 1. The van der Waals surface area contributed by atoms with Gasteiger partial charge in [0.1, 0.15) is 6.10 Å². The number of ether oxygens (including phenoxy) is 2.